The molecule has 1 aliphatic rings. The van der Waals surface area contributed by atoms with Gasteiger partial charge in [0.05, 0.1) is 12.1 Å². The van der Waals surface area contributed by atoms with Gasteiger partial charge in [0.1, 0.15) is 5.60 Å². The van der Waals surface area contributed by atoms with Crippen LogP contribution in [0.25, 0.3) is 11.1 Å². The summed E-state index contributed by atoms with van der Waals surface area (Å²) in [7, 11) is 0. The van der Waals surface area contributed by atoms with E-state index in [0.29, 0.717) is 24.3 Å². The normalized spacial score (nSPS) is 12.9. The SMILES string of the molecule is CC(C)(C)OC(=O)N1Cc2cc(NC(=O)c3cccnc3)cc(-c3ccccc3)c2C1. The maximum absolute atomic E-state index is 12.7. The molecule has 1 aromatic heterocycles. The van der Waals surface area contributed by atoms with Crippen molar-refractivity contribution in [2.24, 2.45) is 0 Å². The Bertz CT molecular complexity index is 1110. The molecule has 0 fully saturated rings. The first kappa shape index (κ1) is 20.6. The Kier molecular flexibility index (Phi) is 5.46. The van der Waals surface area contributed by atoms with E-state index in [1.165, 1.54) is 6.20 Å². The van der Waals surface area contributed by atoms with Gasteiger partial charge in [-0.25, -0.2) is 4.79 Å². The number of carbonyl (C=O) groups is 2. The summed E-state index contributed by atoms with van der Waals surface area (Å²) < 4.78 is 5.56. The molecule has 6 heteroatoms. The van der Waals surface area contributed by atoms with Crippen molar-refractivity contribution in [1.29, 1.82) is 0 Å². The van der Waals surface area contributed by atoms with Crippen molar-refractivity contribution in [3.05, 3.63) is 83.7 Å². The lowest BCUT2D eigenvalue weighted by molar-refractivity contribution is 0.0242. The van der Waals surface area contributed by atoms with Gasteiger partial charge < -0.3 is 10.1 Å². The molecule has 4 rings (SSSR count). The average Bonchev–Trinajstić information content (AvgIpc) is 3.18. The molecule has 0 aliphatic carbocycles. The van der Waals surface area contributed by atoms with Crippen LogP contribution >= 0.6 is 0 Å². The van der Waals surface area contributed by atoms with E-state index in [2.05, 4.69) is 10.3 Å². The predicted octanol–water partition coefficient (Wildman–Crippen LogP) is 5.25. The molecule has 1 N–H and O–H groups in total. The van der Waals surface area contributed by atoms with Crippen molar-refractivity contribution in [1.82, 2.24) is 9.88 Å². The molecular weight excluding hydrogens is 390 g/mol. The van der Waals surface area contributed by atoms with Crippen LogP contribution in [0.15, 0.2) is 67.0 Å². The summed E-state index contributed by atoms with van der Waals surface area (Å²) >= 11 is 0. The second-order valence-electron chi connectivity index (χ2n) is 8.56. The first-order valence-electron chi connectivity index (χ1n) is 10.2. The van der Waals surface area contributed by atoms with Crippen LogP contribution in [-0.4, -0.2) is 27.5 Å². The number of hydrogen-bond donors (Lipinski definition) is 1. The number of ether oxygens (including phenoxy) is 1. The van der Waals surface area contributed by atoms with Gasteiger partial charge in [0, 0.05) is 24.6 Å². The van der Waals surface area contributed by atoms with Crippen LogP contribution in [0.4, 0.5) is 10.5 Å². The van der Waals surface area contributed by atoms with Crippen molar-refractivity contribution in [3.8, 4) is 11.1 Å². The van der Waals surface area contributed by atoms with Crippen molar-refractivity contribution in [2.75, 3.05) is 5.32 Å². The number of anilines is 1. The fourth-order valence-corrected chi connectivity index (χ4v) is 3.62. The van der Waals surface area contributed by atoms with Crippen LogP contribution in [0.1, 0.15) is 42.3 Å². The first-order valence-corrected chi connectivity index (χ1v) is 10.2. The molecule has 0 saturated carbocycles. The Morgan fingerprint density at radius 2 is 1.81 bits per heavy atom. The smallest absolute Gasteiger partial charge is 0.410 e. The molecule has 3 aromatic rings. The molecule has 2 aromatic carbocycles. The summed E-state index contributed by atoms with van der Waals surface area (Å²) in [6.45, 7) is 6.47. The highest BCUT2D eigenvalue weighted by Gasteiger charge is 2.30. The van der Waals surface area contributed by atoms with Gasteiger partial charge in [0.25, 0.3) is 5.91 Å². The summed E-state index contributed by atoms with van der Waals surface area (Å²) in [6.07, 6.45) is 2.82. The number of carbonyl (C=O) groups excluding carboxylic acids is 2. The van der Waals surface area contributed by atoms with Gasteiger partial charge >= 0.3 is 6.09 Å². The third-order valence-electron chi connectivity index (χ3n) is 4.97. The highest BCUT2D eigenvalue weighted by Crippen LogP contribution is 2.36. The van der Waals surface area contributed by atoms with Crippen LogP contribution in [0.3, 0.4) is 0 Å². The number of fused-ring (bicyclic) bond motifs is 1. The van der Waals surface area contributed by atoms with E-state index in [-0.39, 0.29) is 12.0 Å². The highest BCUT2D eigenvalue weighted by molar-refractivity contribution is 6.04. The fraction of sp³-hybridized carbons (Fsp3) is 0.240. The lowest BCUT2D eigenvalue weighted by Crippen LogP contribution is -2.33. The van der Waals surface area contributed by atoms with Crippen molar-refractivity contribution >= 4 is 17.7 Å². The van der Waals surface area contributed by atoms with Crippen molar-refractivity contribution in [3.63, 3.8) is 0 Å². The zero-order valence-electron chi connectivity index (χ0n) is 17.9. The number of aromatic nitrogens is 1. The standard InChI is InChI=1S/C25H25N3O3/c1-25(2,3)31-24(30)28-15-19-12-20(27-23(29)18-10-7-11-26-14-18)13-21(22(19)16-28)17-8-5-4-6-9-17/h4-14H,15-16H2,1-3H3,(H,27,29). The van der Waals surface area contributed by atoms with E-state index in [1.54, 1.807) is 23.2 Å². The van der Waals surface area contributed by atoms with Crippen LogP contribution in [0, 0.1) is 0 Å². The van der Waals surface area contributed by atoms with Crippen LogP contribution in [0.5, 0.6) is 0 Å². The van der Waals surface area contributed by atoms with Crippen LogP contribution < -0.4 is 5.32 Å². The Morgan fingerprint density at radius 3 is 2.48 bits per heavy atom. The molecule has 158 valence electrons. The number of rotatable bonds is 3. The summed E-state index contributed by atoms with van der Waals surface area (Å²) in [4.78, 5) is 31.0. The van der Waals surface area contributed by atoms with Crippen molar-refractivity contribution < 1.29 is 14.3 Å². The number of pyridine rings is 1. The monoisotopic (exact) mass is 415 g/mol. The molecule has 31 heavy (non-hydrogen) atoms. The molecule has 2 heterocycles. The quantitative estimate of drug-likeness (QED) is 0.634. The minimum Gasteiger partial charge on any atom is -0.444 e. The maximum atomic E-state index is 12.7. The van der Waals surface area contributed by atoms with Crippen molar-refractivity contribution in [2.45, 2.75) is 39.5 Å². The molecule has 0 saturated heterocycles. The minimum absolute atomic E-state index is 0.228. The van der Waals surface area contributed by atoms with E-state index in [4.69, 9.17) is 4.74 Å². The molecule has 6 nitrogen and oxygen atoms in total. The molecule has 0 radical (unpaired) electrons. The summed E-state index contributed by atoms with van der Waals surface area (Å²) in [6, 6.07) is 17.3. The minimum atomic E-state index is -0.559. The molecule has 0 bridgehead atoms. The molecule has 1 aliphatic heterocycles. The van der Waals surface area contributed by atoms with Gasteiger partial charge in [0.15, 0.2) is 0 Å². The number of nitrogens with one attached hydrogen (secondary N) is 1. The lowest BCUT2D eigenvalue weighted by atomic mass is 9.96. The largest absolute Gasteiger partial charge is 0.444 e. The van der Waals surface area contributed by atoms with Gasteiger partial charge in [-0.15, -0.1) is 0 Å². The van der Waals surface area contributed by atoms with E-state index < -0.39 is 5.60 Å². The highest BCUT2D eigenvalue weighted by atomic mass is 16.6. The van der Waals surface area contributed by atoms with E-state index in [9.17, 15) is 9.59 Å². The average molecular weight is 415 g/mol. The van der Waals surface area contributed by atoms with Crippen LogP contribution in [-0.2, 0) is 17.8 Å². The third kappa shape index (κ3) is 4.74. The summed E-state index contributed by atoms with van der Waals surface area (Å²) in [5, 5.41) is 2.97. The van der Waals surface area contributed by atoms with Gasteiger partial charge in [-0.2, -0.15) is 0 Å². The Morgan fingerprint density at radius 1 is 1.03 bits per heavy atom. The topological polar surface area (TPSA) is 71.5 Å². The van der Waals surface area contributed by atoms with Gasteiger partial charge in [0.2, 0.25) is 0 Å². The van der Waals surface area contributed by atoms with E-state index in [0.717, 1.165) is 22.3 Å². The third-order valence-corrected chi connectivity index (χ3v) is 4.97. The van der Waals surface area contributed by atoms with Gasteiger partial charge in [-0.3, -0.25) is 14.7 Å². The second-order valence-corrected chi connectivity index (χ2v) is 8.56. The van der Waals surface area contributed by atoms with Gasteiger partial charge in [-0.05, 0) is 67.3 Å². The lowest BCUT2D eigenvalue weighted by Gasteiger charge is -2.24. The zero-order valence-corrected chi connectivity index (χ0v) is 17.9. The Hall–Kier alpha value is -3.67. The molecule has 0 unspecified atom stereocenters. The summed E-state index contributed by atoms with van der Waals surface area (Å²) in [5.41, 5.74) is 4.69. The summed E-state index contributed by atoms with van der Waals surface area (Å²) in [5.74, 6) is -0.228. The number of hydrogen-bond acceptors (Lipinski definition) is 4. The maximum Gasteiger partial charge on any atom is 0.410 e. The second kappa shape index (κ2) is 8.22. The number of nitrogens with zero attached hydrogens (tertiary/aromatic N) is 2. The zero-order chi connectivity index (χ0) is 22.0. The predicted molar refractivity (Wildman–Crippen MR) is 120 cm³/mol. The molecular formula is C25H25N3O3. The van der Waals surface area contributed by atoms with E-state index in [1.807, 2.05) is 63.2 Å². The molecule has 0 spiro atoms. The Labute approximate surface area is 181 Å². The molecule has 2 amide bonds. The first-order chi connectivity index (χ1) is 14.8. The number of amides is 2. The number of benzene rings is 2. The van der Waals surface area contributed by atoms with Crippen LogP contribution in [0.2, 0.25) is 0 Å². The molecule has 0 atom stereocenters. The van der Waals surface area contributed by atoms with Gasteiger partial charge in [-0.1, -0.05) is 30.3 Å². The Balaban J connectivity index is 1.67. The van der Waals surface area contributed by atoms with E-state index >= 15 is 0 Å². The fourth-order valence-electron chi connectivity index (χ4n) is 3.62.